The molecule has 2 nitrogen and oxygen atoms in total. The largest absolute Gasteiger partial charge is 0.393 e. The molecule has 0 spiro atoms. The van der Waals surface area contributed by atoms with Crippen molar-refractivity contribution in [2.45, 2.75) is 76.9 Å². The molecule has 0 aromatic carbocycles. The van der Waals surface area contributed by atoms with Crippen molar-refractivity contribution in [1.29, 1.82) is 0 Å². The van der Waals surface area contributed by atoms with Crippen molar-refractivity contribution in [2.24, 2.45) is 28.6 Å². The lowest BCUT2D eigenvalue weighted by atomic mass is 9.47. The summed E-state index contributed by atoms with van der Waals surface area (Å²) >= 11 is 0. The van der Waals surface area contributed by atoms with Gasteiger partial charge in [-0.15, -0.1) is 6.42 Å². The summed E-state index contributed by atoms with van der Waals surface area (Å²) in [6.07, 6.45) is 16.1. The summed E-state index contributed by atoms with van der Waals surface area (Å²) in [6.45, 7) is 4.68. The van der Waals surface area contributed by atoms with E-state index in [1.165, 1.54) is 12.0 Å². The van der Waals surface area contributed by atoms with Crippen molar-refractivity contribution >= 4 is 0 Å². The summed E-state index contributed by atoms with van der Waals surface area (Å²) in [5, 5.41) is 21.0. The Labute approximate surface area is 140 Å². The normalized spacial score (nSPS) is 55.2. The van der Waals surface area contributed by atoms with E-state index in [1.54, 1.807) is 0 Å². The van der Waals surface area contributed by atoms with Crippen LogP contribution < -0.4 is 0 Å². The van der Waals surface area contributed by atoms with E-state index >= 15 is 0 Å². The molecule has 126 valence electrons. The average Bonchev–Trinajstić information content (AvgIpc) is 2.80. The Hall–Kier alpha value is -0.780. The Morgan fingerprint density at radius 2 is 1.87 bits per heavy atom. The van der Waals surface area contributed by atoms with Crippen LogP contribution >= 0.6 is 0 Å². The summed E-state index contributed by atoms with van der Waals surface area (Å²) in [5.41, 5.74) is 0.751. The maximum Gasteiger partial charge on any atom is 0.130 e. The Bertz CT molecular complexity index is 587. The first kappa shape index (κ1) is 15.7. The van der Waals surface area contributed by atoms with E-state index in [-0.39, 0.29) is 16.9 Å². The van der Waals surface area contributed by atoms with Crippen LogP contribution in [0.2, 0.25) is 0 Å². The maximum atomic E-state index is 11.0. The fourth-order valence-corrected chi connectivity index (χ4v) is 6.89. The first-order valence-corrected chi connectivity index (χ1v) is 9.42. The standard InChI is InChI=1S/C21H30O2/c1-4-21(23)12-9-18-16-6-5-14-13-15(22)7-10-19(14,2)17(16)8-11-20(18,21)3/h1,5,15-18,22-23H,6-13H2,2-3H3/t15-,16?,17?,18?,19+,20+,21+/m1/s1. The number of allylic oxidation sites excluding steroid dienone is 1. The van der Waals surface area contributed by atoms with Gasteiger partial charge >= 0.3 is 0 Å². The third kappa shape index (κ3) is 1.90. The van der Waals surface area contributed by atoms with Crippen LogP contribution in [0.3, 0.4) is 0 Å². The van der Waals surface area contributed by atoms with Gasteiger partial charge in [0.15, 0.2) is 0 Å². The second-order valence-electron chi connectivity index (χ2n) is 9.16. The molecule has 0 aliphatic heterocycles. The van der Waals surface area contributed by atoms with Crippen LogP contribution in [0.15, 0.2) is 11.6 Å². The summed E-state index contributed by atoms with van der Waals surface area (Å²) in [5.74, 6) is 4.65. The quantitative estimate of drug-likeness (QED) is 0.529. The molecule has 2 N–H and O–H groups in total. The maximum absolute atomic E-state index is 11.0. The van der Waals surface area contributed by atoms with Gasteiger partial charge in [-0.25, -0.2) is 0 Å². The van der Waals surface area contributed by atoms with Crippen molar-refractivity contribution in [2.75, 3.05) is 0 Å². The third-order valence-electron chi connectivity index (χ3n) is 8.47. The van der Waals surface area contributed by atoms with Crippen molar-refractivity contribution in [1.82, 2.24) is 0 Å². The summed E-state index contributed by atoms with van der Waals surface area (Å²) < 4.78 is 0. The predicted molar refractivity (Wildman–Crippen MR) is 91.5 cm³/mol. The number of rotatable bonds is 0. The molecular weight excluding hydrogens is 284 g/mol. The molecule has 3 saturated carbocycles. The van der Waals surface area contributed by atoms with Crippen LogP contribution in [0.5, 0.6) is 0 Å². The van der Waals surface area contributed by atoms with E-state index in [1.807, 2.05) is 0 Å². The predicted octanol–water partition coefficient (Wildman–Crippen LogP) is 3.67. The first-order chi connectivity index (χ1) is 10.8. The molecule has 3 unspecified atom stereocenters. The topological polar surface area (TPSA) is 40.5 Å². The molecule has 0 radical (unpaired) electrons. The lowest BCUT2D eigenvalue weighted by molar-refractivity contribution is -0.0969. The summed E-state index contributed by atoms with van der Waals surface area (Å²) in [4.78, 5) is 0. The molecule has 0 aromatic rings. The molecule has 0 heterocycles. The van der Waals surface area contributed by atoms with E-state index in [0.29, 0.717) is 17.8 Å². The summed E-state index contributed by atoms with van der Waals surface area (Å²) in [7, 11) is 0. The minimum absolute atomic E-state index is 0.112. The van der Waals surface area contributed by atoms with Crippen LogP contribution in [-0.4, -0.2) is 21.9 Å². The molecule has 0 bridgehead atoms. The number of aliphatic hydroxyl groups excluding tert-OH is 1. The third-order valence-corrected chi connectivity index (χ3v) is 8.47. The minimum atomic E-state index is -0.906. The fourth-order valence-electron chi connectivity index (χ4n) is 6.89. The Morgan fingerprint density at radius 3 is 2.61 bits per heavy atom. The van der Waals surface area contributed by atoms with E-state index in [0.717, 1.165) is 44.9 Å². The van der Waals surface area contributed by atoms with Gasteiger partial charge in [0.05, 0.1) is 6.10 Å². The number of fused-ring (bicyclic) bond motifs is 5. The van der Waals surface area contributed by atoms with Crippen molar-refractivity contribution < 1.29 is 10.2 Å². The first-order valence-electron chi connectivity index (χ1n) is 9.42. The fraction of sp³-hybridized carbons (Fsp3) is 0.810. The highest BCUT2D eigenvalue weighted by Crippen LogP contribution is 2.66. The number of terminal acetylenes is 1. The van der Waals surface area contributed by atoms with Crippen LogP contribution in [-0.2, 0) is 0 Å². The molecule has 23 heavy (non-hydrogen) atoms. The SMILES string of the molecule is C#C[C@]1(O)CCC2C3CC=C4C[C@H](O)CC[C@]4(C)C3CC[C@@]21C. The Kier molecular flexibility index (Phi) is 3.33. The van der Waals surface area contributed by atoms with Gasteiger partial charge in [0, 0.05) is 5.41 Å². The second-order valence-corrected chi connectivity index (χ2v) is 9.16. The van der Waals surface area contributed by atoms with E-state index in [9.17, 15) is 10.2 Å². The number of aliphatic hydroxyl groups is 2. The van der Waals surface area contributed by atoms with Crippen molar-refractivity contribution in [3.8, 4) is 12.3 Å². The highest BCUT2D eigenvalue weighted by molar-refractivity contribution is 5.28. The smallest absolute Gasteiger partial charge is 0.130 e. The van der Waals surface area contributed by atoms with Gasteiger partial charge in [-0.3, -0.25) is 0 Å². The van der Waals surface area contributed by atoms with Crippen molar-refractivity contribution in [3.63, 3.8) is 0 Å². The van der Waals surface area contributed by atoms with Gasteiger partial charge in [-0.2, -0.15) is 0 Å². The second kappa shape index (κ2) is 4.87. The zero-order valence-corrected chi connectivity index (χ0v) is 14.5. The van der Waals surface area contributed by atoms with Gasteiger partial charge in [-0.1, -0.05) is 31.4 Å². The van der Waals surface area contributed by atoms with Crippen molar-refractivity contribution in [3.05, 3.63) is 11.6 Å². The molecule has 4 aliphatic rings. The van der Waals surface area contributed by atoms with Gasteiger partial charge in [-0.05, 0) is 74.5 Å². The van der Waals surface area contributed by atoms with Crippen LogP contribution in [0, 0.1) is 40.9 Å². The number of hydrogen-bond donors (Lipinski definition) is 2. The molecular formula is C21H30O2. The molecule has 0 amide bonds. The Morgan fingerprint density at radius 1 is 1.13 bits per heavy atom. The van der Waals surface area contributed by atoms with Gasteiger partial charge in [0.25, 0.3) is 0 Å². The van der Waals surface area contributed by atoms with Gasteiger partial charge < -0.3 is 10.2 Å². The van der Waals surface area contributed by atoms with Crippen LogP contribution in [0.1, 0.15) is 65.2 Å². The van der Waals surface area contributed by atoms with Crippen LogP contribution in [0.25, 0.3) is 0 Å². The average molecular weight is 314 g/mol. The van der Waals surface area contributed by atoms with E-state index in [2.05, 4.69) is 25.8 Å². The highest BCUT2D eigenvalue weighted by Gasteiger charge is 2.63. The highest BCUT2D eigenvalue weighted by atomic mass is 16.3. The molecule has 4 aliphatic carbocycles. The zero-order valence-electron chi connectivity index (χ0n) is 14.5. The molecule has 0 saturated heterocycles. The lowest BCUT2D eigenvalue weighted by Crippen LogP contribution is -2.54. The lowest BCUT2D eigenvalue weighted by Gasteiger charge is -2.58. The summed E-state index contributed by atoms with van der Waals surface area (Å²) in [6, 6.07) is 0. The Balaban J connectivity index is 1.69. The van der Waals surface area contributed by atoms with E-state index in [4.69, 9.17) is 6.42 Å². The molecule has 7 atom stereocenters. The molecule has 0 aromatic heterocycles. The zero-order chi connectivity index (χ0) is 16.5. The van der Waals surface area contributed by atoms with Crippen LogP contribution in [0.4, 0.5) is 0 Å². The van der Waals surface area contributed by atoms with Gasteiger partial charge in [0.2, 0.25) is 0 Å². The van der Waals surface area contributed by atoms with Gasteiger partial charge in [0.1, 0.15) is 5.60 Å². The monoisotopic (exact) mass is 314 g/mol. The number of hydrogen-bond acceptors (Lipinski definition) is 2. The molecule has 4 rings (SSSR count). The van der Waals surface area contributed by atoms with E-state index < -0.39 is 5.60 Å². The molecule has 2 heteroatoms. The molecule has 3 fully saturated rings. The minimum Gasteiger partial charge on any atom is -0.393 e.